The van der Waals surface area contributed by atoms with Gasteiger partial charge in [0.05, 0.1) is 0 Å². The average molecular weight is 834 g/mol. The summed E-state index contributed by atoms with van der Waals surface area (Å²) in [5.74, 6) is 0. The zero-order valence-corrected chi connectivity index (χ0v) is 40.8. The van der Waals surface area contributed by atoms with E-state index in [4.69, 9.17) is 4.52 Å². The van der Waals surface area contributed by atoms with Crippen molar-refractivity contribution < 1.29 is 8.66 Å². The number of hydrogen-bond donors (Lipinski definition) is 0. The van der Waals surface area contributed by atoms with Crippen LogP contribution in [-0.2, 0) is 13.1 Å². The van der Waals surface area contributed by atoms with E-state index in [1.807, 2.05) is 0 Å². The van der Waals surface area contributed by atoms with E-state index in [1.54, 1.807) is 0 Å². The van der Waals surface area contributed by atoms with Crippen LogP contribution in [0.3, 0.4) is 0 Å². The molecule has 0 atom stereocenters. The summed E-state index contributed by atoms with van der Waals surface area (Å²) in [5, 5.41) is 0. The smallest absolute Gasteiger partial charge is 0.252 e. The molecule has 14 heteroatoms. The minimum absolute atomic E-state index is 0.136. The molecule has 0 aliphatic carbocycles. The van der Waals surface area contributed by atoms with Crippen molar-refractivity contribution in [1.82, 2.24) is 37.4 Å². The topological polar surface area (TPSA) is 44.3 Å². The maximum atomic E-state index is 5.78. The first-order chi connectivity index (χ1) is 26.5. The van der Waals surface area contributed by atoms with E-state index in [-0.39, 0.29) is 5.54 Å². The second-order valence-corrected chi connectivity index (χ2v) is 28.3. The standard InChI is InChI=1S/C23H40N4P.C19H42N7P2/c1-23(2,3)27(21-22-13-5-4-6-14-22)28(24-15-7-8-16-24,25-17-9-10-18-25)26-19-11-12-20-26;1-12-26(18-19-16-14-13-15-17-19)28(24(8)9,25(10)11)20-27(21(2)3,22(4)5)23(6)7/h4-6,13-14H,7-12,15-21H2,1-3H3;13-17H,12,18H2,1-11H3/q2*+1. The van der Waals surface area contributed by atoms with Crippen LogP contribution in [0.15, 0.2) is 65.2 Å². The minimum Gasteiger partial charge on any atom is -0.252 e. The van der Waals surface area contributed by atoms with Crippen LogP contribution in [0.2, 0.25) is 0 Å². The van der Waals surface area contributed by atoms with Crippen LogP contribution in [0, 0.1) is 0 Å². The van der Waals surface area contributed by atoms with Crippen LogP contribution in [-0.4, -0.2) is 168 Å². The van der Waals surface area contributed by atoms with Gasteiger partial charge in [-0.25, -0.2) is 32.0 Å². The fourth-order valence-corrected chi connectivity index (χ4v) is 24.3. The van der Waals surface area contributed by atoms with E-state index in [0.29, 0.717) is 0 Å². The van der Waals surface area contributed by atoms with Crippen LogP contribution in [0.5, 0.6) is 0 Å². The van der Waals surface area contributed by atoms with E-state index in [1.165, 1.54) is 88.9 Å². The molecule has 0 amide bonds. The van der Waals surface area contributed by atoms with Crippen LogP contribution in [0.25, 0.3) is 0 Å². The Kier molecular flexibility index (Phi) is 17.7. The van der Waals surface area contributed by atoms with Crippen molar-refractivity contribution in [2.45, 2.75) is 84.8 Å². The van der Waals surface area contributed by atoms with Gasteiger partial charge in [-0.2, -0.15) is 4.52 Å². The molecule has 0 aromatic heterocycles. The fourth-order valence-electron chi connectivity index (χ4n) is 9.14. The van der Waals surface area contributed by atoms with E-state index in [9.17, 15) is 0 Å². The second-order valence-electron chi connectivity index (χ2n) is 17.6. The van der Waals surface area contributed by atoms with Crippen molar-refractivity contribution in [3.8, 4) is 0 Å². The van der Waals surface area contributed by atoms with Gasteiger partial charge in [0.25, 0.3) is 0 Å². The van der Waals surface area contributed by atoms with Gasteiger partial charge in [0, 0.05) is 50.4 Å². The van der Waals surface area contributed by atoms with E-state index < -0.39 is 22.5 Å². The highest BCUT2D eigenvalue weighted by atomic mass is 31.2. The van der Waals surface area contributed by atoms with Crippen molar-refractivity contribution >= 4 is 22.5 Å². The van der Waals surface area contributed by atoms with E-state index in [2.05, 4.69) is 205 Å². The van der Waals surface area contributed by atoms with Gasteiger partial charge in [0.15, 0.2) is 26.1 Å². The fraction of sp³-hybridized carbons (Fsp3) is 0.714. The van der Waals surface area contributed by atoms with Gasteiger partial charge < -0.3 is 0 Å². The molecule has 3 aliphatic heterocycles. The summed E-state index contributed by atoms with van der Waals surface area (Å²) in [7, 11) is 15.6. The molecule has 3 fully saturated rings. The van der Waals surface area contributed by atoms with Crippen LogP contribution < -0.4 is 0 Å². The van der Waals surface area contributed by atoms with Gasteiger partial charge in [-0.3, -0.25) is 14.0 Å². The Morgan fingerprint density at radius 3 is 1.16 bits per heavy atom. The third-order valence-corrected chi connectivity index (χ3v) is 24.9. The largest absolute Gasteiger partial charge is 0.357 e. The number of nitrogens with zero attached hydrogens (tertiary/aromatic N) is 11. The molecule has 2 aromatic rings. The zero-order valence-electron chi connectivity index (χ0n) is 38.1. The maximum absolute atomic E-state index is 5.78. The summed E-state index contributed by atoms with van der Waals surface area (Å²) < 4.78 is 31.7. The Bertz CT molecular complexity index is 1580. The number of hydrogen-bond acceptors (Lipinski definition) is 0. The minimum atomic E-state index is -2.15. The van der Waals surface area contributed by atoms with Crippen molar-refractivity contribution in [2.75, 3.05) is 116 Å². The van der Waals surface area contributed by atoms with Crippen molar-refractivity contribution in [3.63, 3.8) is 0 Å². The molecule has 3 aliphatic rings. The van der Waals surface area contributed by atoms with E-state index in [0.717, 1.165) is 19.6 Å². The number of rotatable bonds is 14. The molecular formula is C42H82N11P3+2. The summed E-state index contributed by atoms with van der Waals surface area (Å²) in [4.78, 5) is 0. The van der Waals surface area contributed by atoms with E-state index >= 15 is 0 Å². The first kappa shape index (κ1) is 47.5. The SMILES string of the molecule is CC(C)(C)[N+](Cc1ccccc1)=P(N1CCCC1)(N1CCCC1)N1CCCC1.CC[N+](Cc1ccccc1)=P(N=P(N(C)C)(N(C)C)N(C)C)(N(C)C)N(C)C. The first-order valence-corrected chi connectivity index (χ1v) is 26.0. The Morgan fingerprint density at radius 1 is 0.536 bits per heavy atom. The molecule has 3 saturated heterocycles. The predicted octanol–water partition coefficient (Wildman–Crippen LogP) is 9.15. The molecule has 0 spiro atoms. The molecular weight excluding hydrogens is 751 g/mol. The molecule has 0 saturated carbocycles. The van der Waals surface area contributed by atoms with Gasteiger partial charge in [0.1, 0.15) is 6.54 Å². The lowest BCUT2D eigenvalue weighted by atomic mass is 10.1. The Balaban J connectivity index is 0.000000249. The summed E-state index contributed by atoms with van der Waals surface area (Å²) in [6, 6.07) is 21.9. The molecule has 56 heavy (non-hydrogen) atoms. The number of benzene rings is 2. The summed E-state index contributed by atoms with van der Waals surface area (Å²) in [5.41, 5.74) is 2.91. The molecule has 2 aromatic carbocycles. The summed E-state index contributed by atoms with van der Waals surface area (Å²) in [6.07, 6.45) is 8.21. The maximum Gasteiger partial charge on any atom is 0.357 e. The molecule has 0 radical (unpaired) electrons. The van der Waals surface area contributed by atoms with Crippen LogP contribution in [0.1, 0.15) is 77.3 Å². The summed E-state index contributed by atoms with van der Waals surface area (Å²) >= 11 is 0. The lowest BCUT2D eigenvalue weighted by Crippen LogP contribution is -2.47. The highest BCUT2D eigenvalue weighted by Gasteiger charge is 2.53. The first-order valence-electron chi connectivity index (χ1n) is 21.2. The van der Waals surface area contributed by atoms with Crippen molar-refractivity contribution in [1.29, 1.82) is 0 Å². The lowest BCUT2D eigenvalue weighted by molar-refractivity contribution is -0.601. The van der Waals surface area contributed by atoms with Crippen molar-refractivity contribution in [2.24, 2.45) is 4.52 Å². The Labute approximate surface area is 344 Å². The van der Waals surface area contributed by atoms with Gasteiger partial charge in [-0.05, 0) is 137 Å². The third kappa shape index (κ3) is 10.2. The Hall–Kier alpha value is -1.19. The lowest BCUT2D eigenvalue weighted by Gasteiger charge is -2.45. The van der Waals surface area contributed by atoms with Gasteiger partial charge >= 0.3 is 15.0 Å². The quantitative estimate of drug-likeness (QED) is 0.175. The average Bonchev–Trinajstić information content (AvgIpc) is 3.98. The monoisotopic (exact) mass is 834 g/mol. The van der Waals surface area contributed by atoms with Crippen molar-refractivity contribution in [3.05, 3.63) is 71.8 Å². The van der Waals surface area contributed by atoms with Gasteiger partial charge in [0.2, 0.25) is 0 Å². The van der Waals surface area contributed by atoms with Gasteiger partial charge in [-0.15, -0.1) is 0 Å². The molecule has 0 N–H and O–H groups in total. The molecule has 0 bridgehead atoms. The molecule has 11 nitrogen and oxygen atoms in total. The molecule has 5 rings (SSSR count). The molecule has 0 unspecified atom stereocenters. The highest BCUT2D eigenvalue weighted by Crippen LogP contribution is 2.68. The normalized spacial score (nSPS) is 18.1. The zero-order chi connectivity index (χ0) is 41.3. The Morgan fingerprint density at radius 2 is 0.875 bits per heavy atom. The predicted molar refractivity (Wildman–Crippen MR) is 245 cm³/mol. The second kappa shape index (κ2) is 20.9. The molecule has 318 valence electrons. The third-order valence-electron chi connectivity index (χ3n) is 11.5. The van der Waals surface area contributed by atoms with Crippen LogP contribution in [0.4, 0.5) is 0 Å². The van der Waals surface area contributed by atoms with Crippen LogP contribution >= 0.6 is 22.5 Å². The molecule has 3 heterocycles. The van der Waals surface area contributed by atoms with Gasteiger partial charge in [-0.1, -0.05) is 60.7 Å². The summed E-state index contributed by atoms with van der Waals surface area (Å²) in [6.45, 7) is 20.1. The highest BCUT2D eigenvalue weighted by molar-refractivity contribution is 7.70.